The molecule has 1 aliphatic heterocycles. The second kappa shape index (κ2) is 8.34. The summed E-state index contributed by atoms with van der Waals surface area (Å²) in [5.41, 5.74) is 6.45. The minimum atomic E-state index is -0.801. The standard InChI is InChI=1S/C20H22N6O4S/c1-10-3-4-14(15-6-13-16(31-15)8-23-25-13)26(9-10)20(29)18(28)24-11-5-12(17(21)27)19(30-2)22-7-11/h5-8,10,14H,3-4,9H2,1-2H3,(H2,21,27)(H,23,25)(H,24,28). The normalized spacial score (nSPS) is 18.7. The number of aromatic amines is 1. The lowest BCUT2D eigenvalue weighted by atomic mass is 9.93. The lowest BCUT2D eigenvalue weighted by Crippen LogP contribution is -2.46. The molecule has 0 radical (unpaired) electrons. The summed E-state index contributed by atoms with van der Waals surface area (Å²) in [6.45, 7) is 2.54. The lowest BCUT2D eigenvalue weighted by Gasteiger charge is -2.37. The van der Waals surface area contributed by atoms with Gasteiger partial charge in [-0.25, -0.2) is 4.98 Å². The van der Waals surface area contributed by atoms with E-state index < -0.39 is 17.7 Å². The third-order valence-electron chi connectivity index (χ3n) is 5.32. The summed E-state index contributed by atoms with van der Waals surface area (Å²) in [5, 5.41) is 9.47. The zero-order chi connectivity index (χ0) is 22.1. The molecule has 11 heteroatoms. The van der Waals surface area contributed by atoms with Gasteiger partial charge in [0.05, 0.1) is 41.4 Å². The van der Waals surface area contributed by atoms with Gasteiger partial charge in [-0.3, -0.25) is 19.5 Å². The summed E-state index contributed by atoms with van der Waals surface area (Å²) in [6, 6.07) is 3.14. The number of hydrogen-bond acceptors (Lipinski definition) is 7. The highest BCUT2D eigenvalue weighted by atomic mass is 32.1. The number of aromatic nitrogens is 3. The molecule has 4 heterocycles. The van der Waals surface area contributed by atoms with Gasteiger partial charge in [-0.2, -0.15) is 5.10 Å². The van der Waals surface area contributed by atoms with Crippen LogP contribution in [0, 0.1) is 5.92 Å². The zero-order valence-corrected chi connectivity index (χ0v) is 17.9. The van der Waals surface area contributed by atoms with Gasteiger partial charge >= 0.3 is 11.8 Å². The average molecular weight is 443 g/mol. The van der Waals surface area contributed by atoms with Crippen molar-refractivity contribution in [1.29, 1.82) is 0 Å². The molecule has 1 fully saturated rings. The van der Waals surface area contributed by atoms with Crippen LogP contribution in [0.1, 0.15) is 41.0 Å². The van der Waals surface area contributed by atoms with Crippen LogP contribution in [-0.2, 0) is 9.59 Å². The van der Waals surface area contributed by atoms with Crippen LogP contribution in [0.4, 0.5) is 5.69 Å². The summed E-state index contributed by atoms with van der Waals surface area (Å²) >= 11 is 1.56. The van der Waals surface area contributed by atoms with Crippen molar-refractivity contribution in [3.63, 3.8) is 0 Å². The Kier molecular flexibility index (Phi) is 5.59. The van der Waals surface area contributed by atoms with Gasteiger partial charge in [0.25, 0.3) is 5.91 Å². The molecule has 1 saturated heterocycles. The maximum absolute atomic E-state index is 13.1. The molecule has 0 saturated carbocycles. The molecule has 4 rings (SSSR count). The molecule has 3 aromatic rings. The summed E-state index contributed by atoms with van der Waals surface area (Å²) in [4.78, 5) is 44.0. The van der Waals surface area contributed by atoms with Gasteiger partial charge in [0.15, 0.2) is 0 Å². The number of anilines is 1. The van der Waals surface area contributed by atoms with Crippen LogP contribution in [-0.4, -0.2) is 51.5 Å². The van der Waals surface area contributed by atoms with E-state index in [-0.39, 0.29) is 29.1 Å². The molecule has 0 aromatic carbocycles. The number of rotatable bonds is 4. The first kappa shape index (κ1) is 20.8. The van der Waals surface area contributed by atoms with Gasteiger partial charge in [0, 0.05) is 11.4 Å². The number of ether oxygens (including phenoxy) is 1. The van der Waals surface area contributed by atoms with Crippen molar-refractivity contribution in [2.45, 2.75) is 25.8 Å². The SMILES string of the molecule is COc1ncc(NC(=O)C(=O)N2CC(C)CCC2c2cc3[nH]ncc3s2)cc1C(N)=O. The third-order valence-corrected chi connectivity index (χ3v) is 6.49. The monoisotopic (exact) mass is 442 g/mol. The Hall–Kier alpha value is -3.47. The van der Waals surface area contributed by atoms with E-state index in [1.807, 2.05) is 6.07 Å². The Morgan fingerprint density at radius 1 is 1.29 bits per heavy atom. The highest BCUT2D eigenvalue weighted by molar-refractivity contribution is 7.19. The Bertz CT molecular complexity index is 1130. The van der Waals surface area contributed by atoms with Crippen LogP contribution in [0.3, 0.4) is 0 Å². The summed E-state index contributed by atoms with van der Waals surface area (Å²) in [6.07, 6.45) is 4.79. The zero-order valence-electron chi connectivity index (χ0n) is 17.0. The van der Waals surface area contributed by atoms with Gasteiger partial charge in [-0.05, 0) is 30.9 Å². The molecule has 2 unspecified atom stereocenters. The number of carbonyl (C=O) groups is 3. The Morgan fingerprint density at radius 3 is 2.81 bits per heavy atom. The van der Waals surface area contributed by atoms with E-state index in [2.05, 4.69) is 27.4 Å². The van der Waals surface area contributed by atoms with Crippen molar-refractivity contribution in [3.8, 4) is 5.88 Å². The number of methoxy groups -OCH3 is 1. The number of thiophene rings is 1. The maximum atomic E-state index is 13.1. The number of nitrogens with one attached hydrogen (secondary N) is 2. The molecule has 0 aliphatic carbocycles. The highest BCUT2D eigenvalue weighted by Gasteiger charge is 2.35. The van der Waals surface area contributed by atoms with E-state index in [1.54, 1.807) is 22.4 Å². The molecule has 10 nitrogen and oxygen atoms in total. The van der Waals surface area contributed by atoms with Crippen molar-refractivity contribution in [2.24, 2.45) is 11.7 Å². The van der Waals surface area contributed by atoms with Crippen molar-refractivity contribution in [1.82, 2.24) is 20.1 Å². The van der Waals surface area contributed by atoms with Gasteiger partial charge in [0.1, 0.15) is 5.56 Å². The van der Waals surface area contributed by atoms with Crippen molar-refractivity contribution < 1.29 is 19.1 Å². The Morgan fingerprint density at radius 2 is 2.10 bits per heavy atom. The predicted octanol–water partition coefficient (Wildman–Crippen LogP) is 2.07. The van der Waals surface area contributed by atoms with Crippen LogP contribution in [0.5, 0.6) is 5.88 Å². The molecule has 162 valence electrons. The first-order valence-electron chi connectivity index (χ1n) is 9.76. The summed E-state index contributed by atoms with van der Waals surface area (Å²) in [7, 11) is 1.36. The molecule has 3 aromatic heterocycles. The Balaban J connectivity index is 1.55. The number of nitrogens with two attached hydrogens (primary N) is 1. The van der Waals surface area contributed by atoms with Crippen LogP contribution >= 0.6 is 11.3 Å². The molecular formula is C20H22N6O4S. The fourth-order valence-electron chi connectivity index (χ4n) is 3.78. The molecule has 31 heavy (non-hydrogen) atoms. The first-order chi connectivity index (χ1) is 14.9. The number of H-pyrrole nitrogens is 1. The number of likely N-dealkylation sites (tertiary alicyclic amines) is 1. The molecular weight excluding hydrogens is 420 g/mol. The van der Waals surface area contributed by atoms with Crippen molar-refractivity contribution in [3.05, 3.63) is 35.0 Å². The molecule has 1 aliphatic rings. The highest BCUT2D eigenvalue weighted by Crippen LogP contribution is 2.38. The number of pyridine rings is 1. The summed E-state index contributed by atoms with van der Waals surface area (Å²) in [5.74, 6) is -1.86. The van der Waals surface area contributed by atoms with Gasteiger partial charge < -0.3 is 20.7 Å². The number of hydrogen-bond donors (Lipinski definition) is 3. The van der Waals surface area contributed by atoms with E-state index in [4.69, 9.17) is 10.5 Å². The number of piperidine rings is 1. The van der Waals surface area contributed by atoms with E-state index >= 15 is 0 Å². The molecule has 4 N–H and O–H groups in total. The van der Waals surface area contributed by atoms with E-state index in [0.717, 1.165) is 27.9 Å². The van der Waals surface area contributed by atoms with E-state index in [9.17, 15) is 14.4 Å². The van der Waals surface area contributed by atoms with Crippen LogP contribution in [0.25, 0.3) is 10.2 Å². The number of nitrogens with zero attached hydrogens (tertiary/aromatic N) is 3. The van der Waals surface area contributed by atoms with Gasteiger partial charge in [0.2, 0.25) is 5.88 Å². The largest absolute Gasteiger partial charge is 0.480 e. The van der Waals surface area contributed by atoms with Crippen molar-refractivity contribution in [2.75, 3.05) is 19.0 Å². The number of primary amides is 1. The minimum absolute atomic E-state index is 0.0134. The number of carbonyl (C=O) groups excluding carboxylic acids is 3. The maximum Gasteiger partial charge on any atom is 0.313 e. The lowest BCUT2D eigenvalue weighted by molar-refractivity contribution is -0.146. The second-order valence-corrected chi connectivity index (χ2v) is 8.67. The summed E-state index contributed by atoms with van der Waals surface area (Å²) < 4.78 is 6.00. The predicted molar refractivity (Wildman–Crippen MR) is 115 cm³/mol. The van der Waals surface area contributed by atoms with Crippen LogP contribution in [0.15, 0.2) is 24.5 Å². The molecule has 3 amide bonds. The smallest absolute Gasteiger partial charge is 0.313 e. The van der Waals surface area contributed by atoms with Gasteiger partial charge in [-0.1, -0.05) is 6.92 Å². The van der Waals surface area contributed by atoms with Crippen LogP contribution in [0.2, 0.25) is 0 Å². The van der Waals surface area contributed by atoms with Crippen molar-refractivity contribution >= 4 is 45.0 Å². The molecule has 0 bridgehead atoms. The minimum Gasteiger partial charge on any atom is -0.480 e. The van der Waals surface area contributed by atoms with E-state index in [1.165, 1.54) is 19.4 Å². The molecule has 0 spiro atoms. The molecule has 2 atom stereocenters. The topological polar surface area (TPSA) is 143 Å². The number of fused-ring (bicyclic) bond motifs is 1. The number of amides is 3. The quantitative estimate of drug-likeness (QED) is 0.528. The average Bonchev–Trinajstić information content (AvgIpc) is 3.35. The second-order valence-electron chi connectivity index (χ2n) is 7.55. The fourth-order valence-corrected chi connectivity index (χ4v) is 4.91. The first-order valence-corrected chi connectivity index (χ1v) is 10.6. The van der Waals surface area contributed by atoms with Gasteiger partial charge in [-0.15, -0.1) is 11.3 Å². The third kappa shape index (κ3) is 4.08. The van der Waals surface area contributed by atoms with E-state index in [0.29, 0.717) is 6.54 Å². The van der Waals surface area contributed by atoms with Crippen LogP contribution < -0.4 is 15.8 Å². The Labute approximate surface area is 181 Å². The fraction of sp³-hybridized carbons (Fsp3) is 0.350.